The van der Waals surface area contributed by atoms with E-state index in [0.717, 1.165) is 16.4 Å². The van der Waals surface area contributed by atoms with Gasteiger partial charge in [0.25, 0.3) is 0 Å². The number of benzene rings is 2. The second-order valence-electron chi connectivity index (χ2n) is 6.30. The first-order valence-electron chi connectivity index (χ1n) is 8.62. The topological polar surface area (TPSA) is 108 Å². The van der Waals surface area contributed by atoms with E-state index >= 15 is 0 Å². The van der Waals surface area contributed by atoms with Crippen LogP contribution in [-0.4, -0.2) is 33.1 Å². The number of nitrogens with one attached hydrogen (secondary N) is 1. The van der Waals surface area contributed by atoms with Crippen LogP contribution >= 0.6 is 11.8 Å². The van der Waals surface area contributed by atoms with Gasteiger partial charge in [0.2, 0.25) is 11.1 Å². The minimum Gasteiger partial charge on any atom is -0.495 e. The van der Waals surface area contributed by atoms with Gasteiger partial charge in [-0.1, -0.05) is 30.0 Å². The number of anilines is 1. The van der Waals surface area contributed by atoms with Crippen molar-refractivity contribution in [2.45, 2.75) is 24.3 Å². The largest absolute Gasteiger partial charge is 0.495 e. The molecule has 0 saturated carbocycles. The molecular weight excluding hydrogens is 378 g/mol. The highest BCUT2D eigenvalue weighted by atomic mass is 32.2. The van der Waals surface area contributed by atoms with E-state index in [2.05, 4.69) is 15.5 Å². The quantitative estimate of drug-likeness (QED) is 0.393. The monoisotopic (exact) mass is 397 g/mol. The van der Waals surface area contributed by atoms with Crippen LogP contribution in [0.1, 0.15) is 12.7 Å². The molecule has 0 aliphatic heterocycles. The number of ether oxygens (including phenoxy) is 1. The van der Waals surface area contributed by atoms with Crippen molar-refractivity contribution in [2.75, 3.05) is 18.3 Å². The van der Waals surface area contributed by atoms with Gasteiger partial charge in [0.05, 0.1) is 18.0 Å². The van der Waals surface area contributed by atoms with E-state index in [9.17, 15) is 4.79 Å². The number of amides is 1. The van der Waals surface area contributed by atoms with Gasteiger partial charge < -0.3 is 20.3 Å². The minimum absolute atomic E-state index is 0.209. The summed E-state index contributed by atoms with van der Waals surface area (Å²) < 4.78 is 12.7. The first-order chi connectivity index (χ1) is 13.5. The lowest BCUT2D eigenvalue weighted by atomic mass is 10.1. The summed E-state index contributed by atoms with van der Waals surface area (Å²) in [5.74, 6) is 6.78. The van der Waals surface area contributed by atoms with Gasteiger partial charge in [-0.25, -0.2) is 4.68 Å². The zero-order valence-corrected chi connectivity index (χ0v) is 16.4. The molecule has 144 valence electrons. The van der Waals surface area contributed by atoms with Crippen molar-refractivity contribution < 1.29 is 13.9 Å². The first-order valence-corrected chi connectivity index (χ1v) is 9.49. The highest BCUT2D eigenvalue weighted by molar-refractivity contribution is 8.00. The number of nitrogens with two attached hydrogens (primary N) is 1. The molecule has 2 heterocycles. The summed E-state index contributed by atoms with van der Waals surface area (Å²) in [6.07, 6.45) is 0. The predicted octanol–water partition coefficient (Wildman–Crippen LogP) is 3.33. The zero-order chi connectivity index (χ0) is 19.8. The third-order valence-corrected chi connectivity index (χ3v) is 5.50. The molecule has 0 saturated heterocycles. The molecule has 9 heteroatoms. The van der Waals surface area contributed by atoms with Gasteiger partial charge in [0.1, 0.15) is 22.7 Å². The summed E-state index contributed by atoms with van der Waals surface area (Å²) in [5, 5.41) is 12.7. The van der Waals surface area contributed by atoms with Gasteiger partial charge in [0, 0.05) is 16.8 Å². The first kappa shape index (κ1) is 18.2. The lowest BCUT2D eigenvalue weighted by molar-refractivity contribution is -0.115. The normalized spacial score (nSPS) is 12.4. The second kappa shape index (κ2) is 7.08. The molecule has 3 N–H and O–H groups in total. The number of methoxy groups -OCH3 is 1. The maximum atomic E-state index is 12.7. The van der Waals surface area contributed by atoms with E-state index in [1.165, 1.54) is 16.4 Å². The van der Waals surface area contributed by atoms with Crippen LogP contribution in [0.15, 0.2) is 46.0 Å². The molecule has 1 atom stereocenters. The van der Waals surface area contributed by atoms with Crippen LogP contribution in [-0.2, 0) is 4.79 Å². The van der Waals surface area contributed by atoms with E-state index in [1.807, 2.05) is 30.3 Å². The van der Waals surface area contributed by atoms with Crippen molar-refractivity contribution in [2.24, 2.45) is 0 Å². The van der Waals surface area contributed by atoms with Gasteiger partial charge in [0.15, 0.2) is 0 Å². The average Bonchev–Trinajstić information content (AvgIpc) is 3.21. The fraction of sp³-hybridized carbons (Fsp3) is 0.211. The molecule has 4 rings (SSSR count). The van der Waals surface area contributed by atoms with Crippen molar-refractivity contribution in [3.8, 4) is 5.75 Å². The van der Waals surface area contributed by atoms with Gasteiger partial charge in [-0.2, -0.15) is 0 Å². The maximum Gasteiger partial charge on any atom is 0.237 e. The molecule has 0 aliphatic carbocycles. The number of hydrogen-bond acceptors (Lipinski definition) is 7. The molecule has 0 spiro atoms. The molecule has 2 aromatic carbocycles. The Hall–Kier alpha value is -3.20. The van der Waals surface area contributed by atoms with E-state index in [4.69, 9.17) is 15.0 Å². The van der Waals surface area contributed by atoms with Gasteiger partial charge in [-0.3, -0.25) is 4.79 Å². The summed E-state index contributed by atoms with van der Waals surface area (Å²) in [6, 6.07) is 11.4. The standard InChI is InChI=1S/C19H19N5O3S/c1-10(28-19-23-22-11(2)24(19)20)18(25)21-14-9-16-13(8-17(14)26-3)12-6-4-5-7-15(12)27-16/h4-10H,20H2,1-3H3,(H,21,25)/t10-/m1/s1. The molecule has 0 aliphatic rings. The lowest BCUT2D eigenvalue weighted by Crippen LogP contribution is -2.24. The number of furan rings is 1. The molecule has 0 fully saturated rings. The van der Waals surface area contributed by atoms with Crippen LogP contribution in [0.2, 0.25) is 0 Å². The summed E-state index contributed by atoms with van der Waals surface area (Å²) in [7, 11) is 1.57. The van der Waals surface area contributed by atoms with Crippen molar-refractivity contribution in [3.05, 3.63) is 42.2 Å². The summed E-state index contributed by atoms with van der Waals surface area (Å²) in [5.41, 5.74) is 2.00. The third kappa shape index (κ3) is 3.13. The lowest BCUT2D eigenvalue weighted by Gasteiger charge is -2.14. The molecule has 0 radical (unpaired) electrons. The summed E-state index contributed by atoms with van der Waals surface area (Å²) in [4.78, 5) is 12.7. The smallest absolute Gasteiger partial charge is 0.237 e. The Morgan fingerprint density at radius 3 is 2.75 bits per heavy atom. The number of rotatable bonds is 5. The fourth-order valence-electron chi connectivity index (χ4n) is 2.89. The third-order valence-electron chi connectivity index (χ3n) is 4.44. The molecule has 0 unspecified atom stereocenters. The average molecular weight is 397 g/mol. The van der Waals surface area contributed by atoms with Crippen molar-refractivity contribution >= 4 is 45.3 Å². The Labute approximate surface area is 165 Å². The molecule has 0 bridgehead atoms. The van der Waals surface area contributed by atoms with E-state index in [-0.39, 0.29) is 5.91 Å². The van der Waals surface area contributed by atoms with Crippen LogP contribution in [0, 0.1) is 6.92 Å². The number of carbonyl (C=O) groups excluding carboxylic acids is 1. The van der Waals surface area contributed by atoms with Gasteiger partial charge in [-0.15, -0.1) is 10.2 Å². The number of para-hydroxylation sites is 1. The van der Waals surface area contributed by atoms with Gasteiger partial charge in [-0.05, 0) is 26.0 Å². The SMILES string of the molecule is COc1cc2c(cc1NC(=O)[C@@H](C)Sc1nnc(C)n1N)oc1ccccc12. The van der Waals surface area contributed by atoms with Crippen molar-refractivity contribution in [1.29, 1.82) is 0 Å². The minimum atomic E-state index is -0.443. The number of nitrogens with zero attached hydrogens (tertiary/aromatic N) is 3. The Bertz CT molecular complexity index is 1180. The van der Waals surface area contributed by atoms with Crippen LogP contribution in [0.4, 0.5) is 5.69 Å². The molecular formula is C19H19N5O3S. The number of aryl methyl sites for hydroxylation is 1. The number of thioether (sulfide) groups is 1. The Morgan fingerprint density at radius 1 is 1.25 bits per heavy atom. The second-order valence-corrected chi connectivity index (χ2v) is 7.60. The van der Waals surface area contributed by atoms with E-state index < -0.39 is 5.25 Å². The van der Waals surface area contributed by atoms with Crippen molar-refractivity contribution in [3.63, 3.8) is 0 Å². The number of nitrogen functional groups attached to an aromatic ring is 1. The van der Waals surface area contributed by atoms with Gasteiger partial charge >= 0.3 is 0 Å². The Morgan fingerprint density at radius 2 is 2.04 bits per heavy atom. The molecule has 4 aromatic rings. The Balaban J connectivity index is 1.61. The van der Waals surface area contributed by atoms with E-state index in [1.54, 1.807) is 27.0 Å². The maximum absolute atomic E-state index is 12.7. The number of carbonyl (C=O) groups is 1. The number of aromatic nitrogens is 3. The number of hydrogen-bond donors (Lipinski definition) is 2. The van der Waals surface area contributed by atoms with E-state index in [0.29, 0.717) is 28.0 Å². The molecule has 28 heavy (non-hydrogen) atoms. The van der Waals surface area contributed by atoms with Crippen LogP contribution in [0.5, 0.6) is 5.75 Å². The zero-order valence-electron chi connectivity index (χ0n) is 15.6. The predicted molar refractivity (Wildman–Crippen MR) is 109 cm³/mol. The van der Waals surface area contributed by atoms with Crippen LogP contribution < -0.4 is 15.9 Å². The fourth-order valence-corrected chi connectivity index (χ4v) is 3.71. The summed E-state index contributed by atoms with van der Waals surface area (Å²) in [6.45, 7) is 3.52. The molecule has 1 amide bonds. The molecule has 8 nitrogen and oxygen atoms in total. The van der Waals surface area contributed by atoms with Crippen molar-refractivity contribution in [1.82, 2.24) is 14.9 Å². The Kier molecular flexibility index (Phi) is 4.60. The highest BCUT2D eigenvalue weighted by Gasteiger charge is 2.21. The summed E-state index contributed by atoms with van der Waals surface area (Å²) >= 11 is 1.23. The van der Waals surface area contributed by atoms with Crippen LogP contribution in [0.3, 0.4) is 0 Å². The van der Waals surface area contributed by atoms with Crippen LogP contribution in [0.25, 0.3) is 21.9 Å². The molecule has 2 aromatic heterocycles. The highest BCUT2D eigenvalue weighted by Crippen LogP contribution is 2.36. The number of fused-ring (bicyclic) bond motifs is 3.